The number of hydrogen-bond acceptors (Lipinski definition) is 3. The second-order valence-corrected chi connectivity index (χ2v) is 4.66. The number of ketones is 1. The number of carbonyl (C=O) groups is 1. The maximum absolute atomic E-state index is 12.1. The van der Waals surface area contributed by atoms with E-state index in [1.165, 1.54) is 0 Å². The number of para-hydroxylation sites is 1. The van der Waals surface area contributed by atoms with Crippen LogP contribution in [0, 0.1) is 0 Å². The first kappa shape index (κ1) is 9.85. The lowest BCUT2D eigenvalue weighted by Gasteiger charge is -2.40. The monoisotopic (exact) mass is 217 g/mol. The van der Waals surface area contributed by atoms with Gasteiger partial charge >= 0.3 is 0 Å². The van der Waals surface area contributed by atoms with Crippen molar-refractivity contribution < 1.29 is 9.53 Å². The number of fused-ring (bicyclic) bond motifs is 1. The van der Waals surface area contributed by atoms with Crippen LogP contribution in [-0.4, -0.2) is 24.5 Å². The van der Waals surface area contributed by atoms with Crippen LogP contribution in [0.1, 0.15) is 29.6 Å². The molecule has 1 aromatic rings. The zero-order valence-electron chi connectivity index (χ0n) is 9.16. The van der Waals surface area contributed by atoms with Gasteiger partial charge in [-0.3, -0.25) is 4.79 Å². The maximum atomic E-state index is 12.1. The third-order valence-electron chi connectivity index (χ3n) is 3.43. The summed E-state index contributed by atoms with van der Waals surface area (Å²) in [5.41, 5.74) is 0.447. The van der Waals surface area contributed by atoms with Gasteiger partial charge in [-0.15, -0.1) is 0 Å². The summed E-state index contributed by atoms with van der Waals surface area (Å²) < 4.78 is 6.05. The van der Waals surface area contributed by atoms with Crippen molar-refractivity contribution >= 4 is 5.78 Å². The molecule has 1 saturated heterocycles. The van der Waals surface area contributed by atoms with E-state index >= 15 is 0 Å². The highest BCUT2D eigenvalue weighted by atomic mass is 16.5. The first-order valence-corrected chi connectivity index (χ1v) is 5.81. The molecule has 1 fully saturated rings. The zero-order chi connectivity index (χ0) is 11.0. The van der Waals surface area contributed by atoms with E-state index in [0.717, 1.165) is 37.2 Å². The van der Waals surface area contributed by atoms with Crippen molar-refractivity contribution in [3.8, 4) is 5.75 Å². The molecule has 0 aromatic heterocycles. The Bertz CT molecular complexity index is 422. The molecule has 1 spiro atoms. The molecule has 3 heteroatoms. The summed E-state index contributed by atoms with van der Waals surface area (Å²) in [4.78, 5) is 12.1. The molecule has 16 heavy (non-hydrogen) atoms. The number of nitrogens with one attached hydrogen (secondary N) is 1. The molecule has 0 unspecified atom stereocenters. The summed E-state index contributed by atoms with van der Waals surface area (Å²) in [7, 11) is 0. The molecule has 2 aliphatic heterocycles. The predicted molar refractivity (Wildman–Crippen MR) is 60.9 cm³/mol. The summed E-state index contributed by atoms with van der Waals surface area (Å²) in [5.74, 6) is 0.966. The van der Waals surface area contributed by atoms with Gasteiger partial charge in [0.1, 0.15) is 11.4 Å². The molecule has 2 heterocycles. The molecule has 84 valence electrons. The molecule has 1 N–H and O–H groups in total. The molecule has 0 bridgehead atoms. The number of ether oxygens (including phenoxy) is 1. The van der Waals surface area contributed by atoms with Gasteiger partial charge in [-0.2, -0.15) is 0 Å². The molecule has 3 nitrogen and oxygen atoms in total. The summed E-state index contributed by atoms with van der Waals surface area (Å²) in [6.45, 7) is 1.81. The number of benzene rings is 1. The molecule has 0 saturated carbocycles. The van der Waals surface area contributed by atoms with Crippen molar-refractivity contribution in [1.82, 2.24) is 5.32 Å². The van der Waals surface area contributed by atoms with E-state index in [1.54, 1.807) is 0 Å². The number of Topliss-reactive ketones (excluding diaryl/α,β-unsaturated/α-hetero) is 1. The van der Waals surface area contributed by atoms with E-state index in [-0.39, 0.29) is 11.4 Å². The Hall–Kier alpha value is -1.35. The Morgan fingerprint density at radius 2 is 2.19 bits per heavy atom. The van der Waals surface area contributed by atoms with Crippen molar-refractivity contribution in [3.63, 3.8) is 0 Å². The number of piperidine rings is 1. The van der Waals surface area contributed by atoms with Gasteiger partial charge in [-0.1, -0.05) is 12.1 Å². The minimum Gasteiger partial charge on any atom is -0.485 e. The zero-order valence-corrected chi connectivity index (χ0v) is 9.16. The lowest BCUT2D eigenvalue weighted by molar-refractivity contribution is 0.0234. The topological polar surface area (TPSA) is 38.3 Å². The fourth-order valence-electron chi connectivity index (χ4n) is 2.62. The molecule has 0 amide bonds. The Labute approximate surface area is 94.8 Å². The van der Waals surface area contributed by atoms with Crippen molar-refractivity contribution in [2.45, 2.75) is 24.9 Å². The van der Waals surface area contributed by atoms with E-state index in [2.05, 4.69) is 5.32 Å². The first-order valence-electron chi connectivity index (χ1n) is 5.81. The Balaban J connectivity index is 1.96. The van der Waals surface area contributed by atoms with E-state index < -0.39 is 0 Å². The van der Waals surface area contributed by atoms with Crippen LogP contribution in [0.15, 0.2) is 24.3 Å². The molecule has 1 atom stereocenters. The molecular formula is C13H15NO2. The van der Waals surface area contributed by atoms with Crippen LogP contribution in [0.3, 0.4) is 0 Å². The van der Waals surface area contributed by atoms with Gasteiger partial charge in [0, 0.05) is 6.54 Å². The number of rotatable bonds is 0. The van der Waals surface area contributed by atoms with Gasteiger partial charge in [0.25, 0.3) is 0 Å². The Morgan fingerprint density at radius 3 is 3.00 bits per heavy atom. The van der Waals surface area contributed by atoms with Crippen LogP contribution < -0.4 is 10.1 Å². The summed E-state index contributed by atoms with van der Waals surface area (Å²) in [6, 6.07) is 7.54. The van der Waals surface area contributed by atoms with E-state index in [0.29, 0.717) is 6.42 Å². The van der Waals surface area contributed by atoms with Crippen molar-refractivity contribution in [2.24, 2.45) is 0 Å². The minimum absolute atomic E-state index is 0.213. The van der Waals surface area contributed by atoms with Gasteiger partial charge < -0.3 is 10.1 Å². The van der Waals surface area contributed by atoms with E-state index in [4.69, 9.17) is 4.74 Å². The van der Waals surface area contributed by atoms with Crippen LogP contribution in [0.4, 0.5) is 0 Å². The van der Waals surface area contributed by atoms with Crippen molar-refractivity contribution in [3.05, 3.63) is 29.8 Å². The molecule has 3 rings (SSSR count). The van der Waals surface area contributed by atoms with Gasteiger partial charge in [0.15, 0.2) is 5.78 Å². The average Bonchev–Trinajstić information content (AvgIpc) is 2.30. The molecule has 0 radical (unpaired) electrons. The second-order valence-electron chi connectivity index (χ2n) is 4.66. The summed E-state index contributed by atoms with van der Waals surface area (Å²) >= 11 is 0. The van der Waals surface area contributed by atoms with Gasteiger partial charge in [-0.25, -0.2) is 0 Å². The minimum atomic E-state index is -0.288. The van der Waals surface area contributed by atoms with Gasteiger partial charge in [0.2, 0.25) is 0 Å². The van der Waals surface area contributed by atoms with Crippen molar-refractivity contribution in [1.29, 1.82) is 0 Å². The smallest absolute Gasteiger partial charge is 0.170 e. The summed E-state index contributed by atoms with van der Waals surface area (Å²) in [6.07, 6.45) is 2.56. The van der Waals surface area contributed by atoms with Crippen LogP contribution >= 0.6 is 0 Å². The lowest BCUT2D eigenvalue weighted by Crippen LogP contribution is -2.53. The van der Waals surface area contributed by atoms with Gasteiger partial charge in [-0.05, 0) is 31.5 Å². The van der Waals surface area contributed by atoms with E-state index in [9.17, 15) is 4.79 Å². The second kappa shape index (κ2) is 3.59. The molecule has 1 aromatic carbocycles. The fourth-order valence-corrected chi connectivity index (χ4v) is 2.62. The average molecular weight is 217 g/mol. The van der Waals surface area contributed by atoms with E-state index in [1.807, 2.05) is 24.3 Å². The Morgan fingerprint density at radius 1 is 1.31 bits per heavy atom. The highest BCUT2D eigenvalue weighted by Gasteiger charge is 2.41. The largest absolute Gasteiger partial charge is 0.485 e. The lowest BCUT2D eigenvalue weighted by atomic mass is 9.84. The predicted octanol–water partition coefficient (Wildman–Crippen LogP) is 1.77. The highest BCUT2D eigenvalue weighted by molar-refractivity contribution is 6.00. The third-order valence-corrected chi connectivity index (χ3v) is 3.43. The molecule has 2 aliphatic rings. The SMILES string of the molecule is O=C1C[C@]2(CCCNC2)Oc2ccccc21. The maximum Gasteiger partial charge on any atom is 0.170 e. The highest BCUT2D eigenvalue weighted by Crippen LogP contribution is 2.36. The molecule has 0 aliphatic carbocycles. The van der Waals surface area contributed by atoms with Crippen LogP contribution in [0.25, 0.3) is 0 Å². The fraction of sp³-hybridized carbons (Fsp3) is 0.462. The summed E-state index contributed by atoms with van der Waals surface area (Å²) in [5, 5.41) is 3.32. The van der Waals surface area contributed by atoms with Crippen LogP contribution in [0.2, 0.25) is 0 Å². The number of hydrogen-bond donors (Lipinski definition) is 1. The Kier molecular flexibility index (Phi) is 2.21. The first-order chi connectivity index (χ1) is 7.79. The van der Waals surface area contributed by atoms with Gasteiger partial charge in [0.05, 0.1) is 12.0 Å². The molecular weight excluding hydrogens is 202 g/mol. The standard InChI is InChI=1S/C13H15NO2/c15-11-8-13(6-3-7-14-9-13)16-12-5-2-1-4-10(11)12/h1-2,4-5,14H,3,6-9H2/t13-/m0/s1. The van der Waals surface area contributed by atoms with Crippen LogP contribution in [-0.2, 0) is 0 Å². The third kappa shape index (κ3) is 1.52. The quantitative estimate of drug-likeness (QED) is 0.719. The number of carbonyl (C=O) groups excluding carboxylic acids is 1. The normalized spacial score (nSPS) is 28.6. The van der Waals surface area contributed by atoms with Crippen LogP contribution in [0.5, 0.6) is 5.75 Å². The van der Waals surface area contributed by atoms with Crippen molar-refractivity contribution in [2.75, 3.05) is 13.1 Å².